The molecular formula is C21H21FN2O2S. The second kappa shape index (κ2) is 9.30. The summed E-state index contributed by atoms with van der Waals surface area (Å²) < 4.78 is 18.5. The van der Waals surface area contributed by atoms with Crippen LogP contribution in [0.15, 0.2) is 66.0 Å². The Morgan fingerprint density at radius 3 is 2.48 bits per heavy atom. The Hall–Kier alpha value is -2.70. The van der Waals surface area contributed by atoms with Gasteiger partial charge in [-0.2, -0.15) is 0 Å². The van der Waals surface area contributed by atoms with Crippen molar-refractivity contribution in [3.05, 3.63) is 93.4 Å². The molecule has 2 N–H and O–H groups in total. The van der Waals surface area contributed by atoms with Crippen molar-refractivity contribution >= 4 is 17.4 Å². The van der Waals surface area contributed by atoms with Gasteiger partial charge in [-0.1, -0.05) is 42.5 Å². The number of rotatable bonds is 7. The van der Waals surface area contributed by atoms with E-state index < -0.39 is 0 Å². The van der Waals surface area contributed by atoms with Crippen LogP contribution in [0.5, 0.6) is 0 Å². The number of amides is 2. The lowest BCUT2D eigenvalue weighted by Gasteiger charge is -2.19. The summed E-state index contributed by atoms with van der Waals surface area (Å²) >= 11 is 1.54. The van der Waals surface area contributed by atoms with Gasteiger partial charge in [0.25, 0.3) is 0 Å². The number of hydrogen-bond acceptors (Lipinski definition) is 3. The molecule has 0 aliphatic heterocycles. The Bertz CT molecular complexity index is 866. The number of carbonyl (C=O) groups is 1. The van der Waals surface area contributed by atoms with Crippen LogP contribution in [-0.4, -0.2) is 13.1 Å². The standard InChI is InChI=1S/C21H21FN2O2S/c1-26-14-17-6-3-2-5-16(17)13-23-21(25)24-20(19-7-4-12-27-19)15-8-10-18(22)11-9-15/h2-12,20H,13-14H2,1H3,(H2,23,24,25)/t20-/m1/s1. The fourth-order valence-electron chi connectivity index (χ4n) is 2.81. The zero-order valence-electron chi connectivity index (χ0n) is 14.9. The van der Waals surface area contributed by atoms with E-state index in [4.69, 9.17) is 4.74 Å². The molecule has 6 heteroatoms. The minimum absolute atomic E-state index is 0.287. The molecule has 0 aliphatic carbocycles. The van der Waals surface area contributed by atoms with Crippen molar-refractivity contribution in [1.29, 1.82) is 0 Å². The van der Waals surface area contributed by atoms with Crippen LogP contribution in [0.3, 0.4) is 0 Å². The van der Waals surface area contributed by atoms with E-state index in [0.717, 1.165) is 21.6 Å². The molecule has 0 saturated carbocycles. The van der Waals surface area contributed by atoms with Gasteiger partial charge < -0.3 is 15.4 Å². The first-order chi connectivity index (χ1) is 13.2. The predicted molar refractivity (Wildman–Crippen MR) is 105 cm³/mol. The molecule has 0 fully saturated rings. The number of benzene rings is 2. The third kappa shape index (κ3) is 5.15. The Morgan fingerprint density at radius 1 is 1.07 bits per heavy atom. The lowest BCUT2D eigenvalue weighted by molar-refractivity contribution is 0.184. The molecule has 0 bridgehead atoms. The number of urea groups is 1. The summed E-state index contributed by atoms with van der Waals surface area (Å²) in [5, 5.41) is 7.83. The average Bonchev–Trinajstić information content (AvgIpc) is 3.21. The highest BCUT2D eigenvalue weighted by molar-refractivity contribution is 7.10. The second-order valence-corrected chi connectivity index (χ2v) is 7.01. The maximum atomic E-state index is 13.3. The molecule has 27 heavy (non-hydrogen) atoms. The van der Waals surface area contributed by atoms with Gasteiger partial charge >= 0.3 is 6.03 Å². The SMILES string of the molecule is COCc1ccccc1CNC(=O)N[C@H](c1ccc(F)cc1)c1cccs1. The number of methoxy groups -OCH3 is 1. The van der Waals surface area contributed by atoms with Crippen LogP contribution >= 0.6 is 11.3 Å². The van der Waals surface area contributed by atoms with E-state index >= 15 is 0 Å². The second-order valence-electron chi connectivity index (χ2n) is 6.03. The van der Waals surface area contributed by atoms with Crippen molar-refractivity contribution in [2.24, 2.45) is 0 Å². The molecule has 4 nitrogen and oxygen atoms in total. The van der Waals surface area contributed by atoms with Gasteiger partial charge in [-0.3, -0.25) is 0 Å². The van der Waals surface area contributed by atoms with Crippen LogP contribution in [0.1, 0.15) is 27.6 Å². The van der Waals surface area contributed by atoms with Gasteiger partial charge in [-0.25, -0.2) is 9.18 Å². The molecule has 1 heterocycles. The Balaban J connectivity index is 1.69. The third-order valence-corrected chi connectivity index (χ3v) is 5.10. The van der Waals surface area contributed by atoms with Crippen LogP contribution < -0.4 is 10.6 Å². The summed E-state index contributed by atoms with van der Waals surface area (Å²) in [5.74, 6) is -0.303. The minimum Gasteiger partial charge on any atom is -0.380 e. The highest BCUT2D eigenvalue weighted by Crippen LogP contribution is 2.26. The molecule has 140 valence electrons. The number of ether oxygens (including phenoxy) is 1. The zero-order chi connectivity index (χ0) is 19.1. The molecule has 0 radical (unpaired) electrons. The molecule has 0 saturated heterocycles. The number of thiophene rings is 1. The minimum atomic E-state index is -0.334. The van der Waals surface area contributed by atoms with Gasteiger partial charge in [0.05, 0.1) is 12.6 Å². The summed E-state index contributed by atoms with van der Waals surface area (Å²) in [4.78, 5) is 13.5. The normalized spacial score (nSPS) is 11.8. The Labute approximate surface area is 162 Å². The maximum Gasteiger partial charge on any atom is 0.315 e. The molecule has 1 atom stereocenters. The third-order valence-electron chi connectivity index (χ3n) is 4.16. The molecule has 1 aromatic heterocycles. The Morgan fingerprint density at radius 2 is 1.81 bits per heavy atom. The number of halogens is 1. The van der Waals surface area contributed by atoms with Crippen LogP contribution in [0.2, 0.25) is 0 Å². The molecule has 3 aromatic rings. The van der Waals surface area contributed by atoms with Crippen molar-refractivity contribution in [2.45, 2.75) is 19.2 Å². The van der Waals surface area contributed by atoms with Gasteiger partial charge in [0.2, 0.25) is 0 Å². The number of carbonyl (C=O) groups excluding carboxylic acids is 1. The fourth-order valence-corrected chi connectivity index (χ4v) is 3.62. The van der Waals surface area contributed by atoms with E-state index in [9.17, 15) is 9.18 Å². The van der Waals surface area contributed by atoms with Crippen molar-refractivity contribution in [2.75, 3.05) is 7.11 Å². The topological polar surface area (TPSA) is 50.4 Å². The van der Waals surface area contributed by atoms with Crippen LogP contribution in [0, 0.1) is 5.82 Å². The number of hydrogen-bond donors (Lipinski definition) is 2. The average molecular weight is 384 g/mol. The zero-order valence-corrected chi connectivity index (χ0v) is 15.8. The molecule has 2 aromatic carbocycles. The van der Waals surface area contributed by atoms with Crippen molar-refractivity contribution in [3.63, 3.8) is 0 Å². The highest BCUT2D eigenvalue weighted by atomic mass is 32.1. The number of nitrogens with one attached hydrogen (secondary N) is 2. The first-order valence-electron chi connectivity index (χ1n) is 8.56. The van der Waals surface area contributed by atoms with Gasteiger partial charge in [0, 0.05) is 18.5 Å². The van der Waals surface area contributed by atoms with E-state index in [1.54, 1.807) is 30.6 Å². The van der Waals surface area contributed by atoms with E-state index in [-0.39, 0.29) is 17.9 Å². The van der Waals surface area contributed by atoms with Gasteiger partial charge in [0.15, 0.2) is 0 Å². The summed E-state index contributed by atoms with van der Waals surface area (Å²) in [6.07, 6.45) is 0. The smallest absolute Gasteiger partial charge is 0.315 e. The van der Waals surface area contributed by atoms with Crippen LogP contribution in [0.25, 0.3) is 0 Å². The summed E-state index contributed by atoms with van der Waals surface area (Å²) in [7, 11) is 1.64. The first kappa shape index (κ1) is 19.1. The summed E-state index contributed by atoms with van der Waals surface area (Å²) in [6, 6.07) is 17.3. The van der Waals surface area contributed by atoms with E-state index in [1.807, 2.05) is 41.8 Å². The first-order valence-corrected chi connectivity index (χ1v) is 9.44. The predicted octanol–water partition coefficient (Wildman–Crippen LogP) is 4.62. The van der Waals surface area contributed by atoms with Gasteiger partial charge in [-0.15, -0.1) is 11.3 Å². The maximum absolute atomic E-state index is 13.3. The van der Waals surface area contributed by atoms with Gasteiger partial charge in [0.1, 0.15) is 5.82 Å². The molecule has 2 amide bonds. The van der Waals surface area contributed by atoms with Crippen LogP contribution in [-0.2, 0) is 17.9 Å². The monoisotopic (exact) mass is 384 g/mol. The van der Waals surface area contributed by atoms with Crippen molar-refractivity contribution in [1.82, 2.24) is 10.6 Å². The van der Waals surface area contributed by atoms with E-state index in [1.165, 1.54) is 12.1 Å². The van der Waals surface area contributed by atoms with Crippen molar-refractivity contribution in [3.8, 4) is 0 Å². The molecule has 3 rings (SSSR count). The molecular weight excluding hydrogens is 363 g/mol. The quantitative estimate of drug-likeness (QED) is 0.624. The molecule has 0 spiro atoms. The fraction of sp³-hybridized carbons (Fsp3) is 0.190. The van der Waals surface area contributed by atoms with Gasteiger partial charge in [-0.05, 0) is 40.3 Å². The van der Waals surface area contributed by atoms with E-state index in [2.05, 4.69) is 10.6 Å². The lowest BCUT2D eigenvalue weighted by atomic mass is 10.1. The Kier molecular flexibility index (Phi) is 6.57. The highest BCUT2D eigenvalue weighted by Gasteiger charge is 2.18. The summed E-state index contributed by atoms with van der Waals surface area (Å²) in [5.41, 5.74) is 2.87. The molecule has 0 aliphatic rings. The summed E-state index contributed by atoms with van der Waals surface area (Å²) in [6.45, 7) is 0.888. The lowest BCUT2D eigenvalue weighted by Crippen LogP contribution is -2.38. The van der Waals surface area contributed by atoms with Crippen molar-refractivity contribution < 1.29 is 13.9 Å². The van der Waals surface area contributed by atoms with Crippen LogP contribution in [0.4, 0.5) is 9.18 Å². The largest absolute Gasteiger partial charge is 0.380 e. The molecule has 0 unspecified atom stereocenters. The van der Waals surface area contributed by atoms with E-state index in [0.29, 0.717) is 13.2 Å².